The van der Waals surface area contributed by atoms with Crippen molar-refractivity contribution in [1.29, 1.82) is 0 Å². The van der Waals surface area contributed by atoms with E-state index in [1.54, 1.807) is 0 Å². The van der Waals surface area contributed by atoms with Gasteiger partial charge in [-0.25, -0.2) is 0 Å². The third-order valence-electron chi connectivity index (χ3n) is 3.89. The van der Waals surface area contributed by atoms with Gasteiger partial charge in [-0.15, -0.1) is 0 Å². The van der Waals surface area contributed by atoms with Crippen LogP contribution >= 0.6 is 0 Å². The zero-order valence-corrected chi connectivity index (χ0v) is 11.7. The molecule has 1 aliphatic heterocycles. The lowest BCUT2D eigenvalue weighted by Gasteiger charge is -2.20. The van der Waals surface area contributed by atoms with E-state index in [1.165, 1.54) is 11.1 Å². The minimum atomic E-state index is 0.315. The Morgan fingerprint density at radius 1 is 0.900 bits per heavy atom. The first-order valence-electron chi connectivity index (χ1n) is 7.34. The van der Waals surface area contributed by atoms with Crippen LogP contribution in [0.1, 0.15) is 17.5 Å². The molecular formula is C18H21NO. The maximum atomic E-state index is 6.11. The molecule has 2 atom stereocenters. The Hall–Kier alpha value is -1.64. The van der Waals surface area contributed by atoms with Gasteiger partial charge in [0, 0.05) is 6.04 Å². The number of hydrogen-bond acceptors (Lipinski definition) is 2. The van der Waals surface area contributed by atoms with Gasteiger partial charge in [-0.3, -0.25) is 0 Å². The van der Waals surface area contributed by atoms with E-state index >= 15 is 0 Å². The molecule has 20 heavy (non-hydrogen) atoms. The predicted molar refractivity (Wildman–Crippen MR) is 81.6 cm³/mol. The summed E-state index contributed by atoms with van der Waals surface area (Å²) >= 11 is 0. The third-order valence-corrected chi connectivity index (χ3v) is 3.89. The van der Waals surface area contributed by atoms with Crippen molar-refractivity contribution >= 4 is 0 Å². The summed E-state index contributed by atoms with van der Waals surface area (Å²) in [5.41, 5.74) is 2.62. The van der Waals surface area contributed by atoms with Crippen molar-refractivity contribution in [3.05, 3.63) is 71.8 Å². The van der Waals surface area contributed by atoms with Gasteiger partial charge in [0.2, 0.25) is 0 Å². The molecule has 0 saturated carbocycles. The van der Waals surface area contributed by atoms with Crippen molar-refractivity contribution < 1.29 is 4.74 Å². The quantitative estimate of drug-likeness (QED) is 0.898. The van der Waals surface area contributed by atoms with Gasteiger partial charge in [-0.05, 0) is 30.5 Å². The van der Waals surface area contributed by atoms with E-state index in [9.17, 15) is 0 Å². The van der Waals surface area contributed by atoms with Crippen LogP contribution in [0.15, 0.2) is 60.7 Å². The van der Waals surface area contributed by atoms with Gasteiger partial charge in [0.1, 0.15) is 0 Å². The van der Waals surface area contributed by atoms with E-state index in [0.29, 0.717) is 18.8 Å². The fourth-order valence-electron chi connectivity index (χ4n) is 2.79. The molecule has 1 aliphatic rings. The monoisotopic (exact) mass is 267 g/mol. The fraction of sp³-hybridized carbons (Fsp3) is 0.333. The van der Waals surface area contributed by atoms with Crippen LogP contribution in [0.4, 0.5) is 0 Å². The Morgan fingerprint density at radius 2 is 1.55 bits per heavy atom. The van der Waals surface area contributed by atoms with E-state index in [-0.39, 0.29) is 0 Å². The molecule has 1 saturated heterocycles. The molecule has 1 fully saturated rings. The molecule has 2 heteroatoms. The number of benzene rings is 2. The Balaban J connectivity index is 1.56. The Labute approximate surface area is 120 Å². The third kappa shape index (κ3) is 3.47. The molecule has 3 rings (SSSR count). The SMILES string of the molecule is c1ccc(CO[C@@H]2CCN[C@@H]2Cc2ccccc2)cc1. The van der Waals surface area contributed by atoms with Gasteiger partial charge in [-0.2, -0.15) is 0 Å². The van der Waals surface area contributed by atoms with Gasteiger partial charge in [0.05, 0.1) is 12.7 Å². The summed E-state index contributed by atoms with van der Waals surface area (Å²) in [6.45, 7) is 1.76. The van der Waals surface area contributed by atoms with Gasteiger partial charge in [0.15, 0.2) is 0 Å². The van der Waals surface area contributed by atoms with Crippen LogP contribution in [0.2, 0.25) is 0 Å². The second kappa shape index (κ2) is 6.69. The Morgan fingerprint density at radius 3 is 2.25 bits per heavy atom. The highest BCUT2D eigenvalue weighted by atomic mass is 16.5. The fourth-order valence-corrected chi connectivity index (χ4v) is 2.79. The minimum Gasteiger partial charge on any atom is -0.372 e. The second-order valence-corrected chi connectivity index (χ2v) is 5.37. The molecule has 0 aromatic heterocycles. The molecule has 2 aromatic rings. The van der Waals surface area contributed by atoms with E-state index in [2.05, 4.69) is 59.9 Å². The van der Waals surface area contributed by atoms with Crippen molar-refractivity contribution in [3.8, 4) is 0 Å². The lowest BCUT2D eigenvalue weighted by atomic mass is 10.0. The van der Waals surface area contributed by atoms with E-state index < -0.39 is 0 Å². The zero-order chi connectivity index (χ0) is 13.6. The maximum absolute atomic E-state index is 6.11. The summed E-state index contributed by atoms with van der Waals surface area (Å²) < 4.78 is 6.11. The van der Waals surface area contributed by atoms with Gasteiger partial charge >= 0.3 is 0 Å². The van der Waals surface area contributed by atoms with E-state index in [0.717, 1.165) is 19.4 Å². The smallest absolute Gasteiger partial charge is 0.0747 e. The molecule has 2 nitrogen and oxygen atoms in total. The largest absolute Gasteiger partial charge is 0.372 e. The summed E-state index contributed by atoms with van der Waals surface area (Å²) in [4.78, 5) is 0. The zero-order valence-electron chi connectivity index (χ0n) is 11.7. The molecule has 1 N–H and O–H groups in total. The molecule has 1 heterocycles. The van der Waals surface area contributed by atoms with Crippen LogP contribution in [0.25, 0.3) is 0 Å². The summed E-state index contributed by atoms with van der Waals surface area (Å²) in [7, 11) is 0. The normalized spacial score (nSPS) is 22.0. The molecule has 0 aliphatic carbocycles. The summed E-state index contributed by atoms with van der Waals surface area (Å²) in [6.07, 6.45) is 2.46. The van der Waals surface area contributed by atoms with Crippen LogP contribution in [0.5, 0.6) is 0 Å². The number of ether oxygens (including phenoxy) is 1. The molecular weight excluding hydrogens is 246 g/mol. The van der Waals surface area contributed by atoms with E-state index in [1.807, 2.05) is 6.07 Å². The standard InChI is InChI=1S/C18H21NO/c1-3-7-15(8-4-1)13-17-18(11-12-19-17)20-14-16-9-5-2-6-10-16/h1-10,17-19H,11-14H2/t17-,18-/m1/s1. The van der Waals surface area contributed by atoms with Crippen LogP contribution < -0.4 is 5.32 Å². The lowest BCUT2D eigenvalue weighted by molar-refractivity contribution is 0.0328. The van der Waals surface area contributed by atoms with Gasteiger partial charge in [-0.1, -0.05) is 60.7 Å². The van der Waals surface area contributed by atoms with Crippen LogP contribution in [-0.2, 0) is 17.8 Å². The average Bonchev–Trinajstić information content (AvgIpc) is 2.94. The molecule has 0 spiro atoms. The van der Waals surface area contributed by atoms with Crippen molar-refractivity contribution in [2.24, 2.45) is 0 Å². The highest BCUT2D eigenvalue weighted by Gasteiger charge is 2.27. The first-order valence-corrected chi connectivity index (χ1v) is 7.34. The predicted octanol–water partition coefficient (Wildman–Crippen LogP) is 3.18. The molecule has 0 unspecified atom stereocenters. The topological polar surface area (TPSA) is 21.3 Å². The van der Waals surface area contributed by atoms with Crippen molar-refractivity contribution in [2.45, 2.75) is 31.6 Å². The van der Waals surface area contributed by atoms with Gasteiger partial charge in [0.25, 0.3) is 0 Å². The average molecular weight is 267 g/mol. The van der Waals surface area contributed by atoms with E-state index in [4.69, 9.17) is 4.74 Å². The van der Waals surface area contributed by atoms with Crippen LogP contribution in [0.3, 0.4) is 0 Å². The summed E-state index contributed by atoms with van der Waals surface area (Å²) in [6, 6.07) is 21.5. The first kappa shape index (κ1) is 13.3. The molecule has 104 valence electrons. The first-order chi connectivity index (χ1) is 9.92. The number of nitrogens with one attached hydrogen (secondary N) is 1. The summed E-state index contributed by atoms with van der Waals surface area (Å²) in [5, 5.41) is 3.57. The van der Waals surface area contributed by atoms with Crippen molar-refractivity contribution in [3.63, 3.8) is 0 Å². The molecule has 2 aromatic carbocycles. The number of rotatable bonds is 5. The van der Waals surface area contributed by atoms with Crippen molar-refractivity contribution in [1.82, 2.24) is 5.32 Å². The minimum absolute atomic E-state index is 0.315. The van der Waals surface area contributed by atoms with Crippen molar-refractivity contribution in [2.75, 3.05) is 6.54 Å². The highest BCUT2D eigenvalue weighted by Crippen LogP contribution is 2.17. The molecule has 0 bridgehead atoms. The highest BCUT2D eigenvalue weighted by molar-refractivity contribution is 5.17. The number of hydrogen-bond donors (Lipinski definition) is 1. The maximum Gasteiger partial charge on any atom is 0.0747 e. The lowest BCUT2D eigenvalue weighted by Crippen LogP contribution is -2.34. The molecule has 0 radical (unpaired) electrons. The van der Waals surface area contributed by atoms with Crippen LogP contribution in [0, 0.1) is 0 Å². The second-order valence-electron chi connectivity index (χ2n) is 5.37. The van der Waals surface area contributed by atoms with Gasteiger partial charge < -0.3 is 10.1 Å². The Kier molecular flexibility index (Phi) is 4.46. The Bertz CT molecular complexity index is 511. The summed E-state index contributed by atoms with van der Waals surface area (Å²) in [5.74, 6) is 0. The molecule has 0 amide bonds. The van der Waals surface area contributed by atoms with Crippen LogP contribution in [-0.4, -0.2) is 18.7 Å².